The van der Waals surface area contributed by atoms with Gasteiger partial charge in [-0.3, -0.25) is 19.2 Å². The first kappa shape index (κ1) is 20.8. The molecule has 3 fully saturated rings. The third kappa shape index (κ3) is 3.44. The maximum Gasteiger partial charge on any atom is 0.287 e. The predicted octanol–water partition coefficient (Wildman–Crippen LogP) is 1.39. The molecule has 4 atom stereocenters. The second-order valence-electron chi connectivity index (χ2n) is 9.61. The summed E-state index contributed by atoms with van der Waals surface area (Å²) in [6, 6.07) is -1.48. The Morgan fingerprint density at radius 3 is 2.25 bits per heavy atom. The molecular weight excluding hydrogens is 358 g/mol. The average molecular weight is 392 g/mol. The van der Waals surface area contributed by atoms with Crippen molar-refractivity contribution in [1.29, 1.82) is 0 Å². The predicted molar refractivity (Wildman–Crippen MR) is 104 cm³/mol. The summed E-state index contributed by atoms with van der Waals surface area (Å²) in [6.45, 7) is 8.76. The molecule has 1 saturated heterocycles. The summed E-state index contributed by atoms with van der Waals surface area (Å²) in [5, 5.41) is 2.73. The van der Waals surface area contributed by atoms with E-state index in [1.165, 1.54) is 0 Å². The Kier molecular flexibility index (Phi) is 5.32. The summed E-state index contributed by atoms with van der Waals surface area (Å²) >= 11 is 0. The van der Waals surface area contributed by atoms with Gasteiger partial charge < -0.3 is 16.0 Å². The molecule has 1 heterocycles. The molecule has 2 aliphatic carbocycles. The highest BCUT2D eigenvalue weighted by Crippen LogP contribution is 2.69. The van der Waals surface area contributed by atoms with Gasteiger partial charge >= 0.3 is 0 Å². The Morgan fingerprint density at radius 2 is 1.75 bits per heavy atom. The number of carbonyl (C=O) groups is 4. The number of likely N-dealkylation sites (tertiary alicyclic amines) is 1. The van der Waals surface area contributed by atoms with Crippen LogP contribution in [0.1, 0.15) is 66.2 Å². The lowest BCUT2D eigenvalue weighted by Crippen LogP contribution is -2.54. The van der Waals surface area contributed by atoms with E-state index in [-0.39, 0.29) is 23.1 Å². The van der Waals surface area contributed by atoms with E-state index in [2.05, 4.69) is 26.1 Å². The molecule has 28 heavy (non-hydrogen) atoms. The maximum atomic E-state index is 13.2. The van der Waals surface area contributed by atoms with E-state index in [0.29, 0.717) is 25.3 Å². The number of Topliss-reactive ketones (excluding diaryl/α,β-unsaturated/α-hetero) is 1. The molecule has 2 saturated carbocycles. The molecule has 7 heteroatoms. The fourth-order valence-electron chi connectivity index (χ4n) is 4.83. The molecule has 1 aliphatic heterocycles. The van der Waals surface area contributed by atoms with Crippen LogP contribution < -0.4 is 11.1 Å². The average Bonchev–Trinajstić information content (AvgIpc) is 3.45. The first-order chi connectivity index (χ1) is 13.0. The zero-order valence-electron chi connectivity index (χ0n) is 17.4. The lowest BCUT2D eigenvalue weighted by molar-refractivity contribution is -0.144. The fourth-order valence-corrected chi connectivity index (χ4v) is 4.83. The lowest BCUT2D eigenvalue weighted by atomic mass is 9.96. The van der Waals surface area contributed by atoms with E-state index in [1.54, 1.807) is 4.90 Å². The third-order valence-corrected chi connectivity index (χ3v) is 7.90. The number of ketones is 1. The highest BCUT2D eigenvalue weighted by Gasteiger charge is 2.71. The van der Waals surface area contributed by atoms with Crippen molar-refractivity contribution in [2.24, 2.45) is 28.4 Å². The van der Waals surface area contributed by atoms with Crippen LogP contribution in [-0.4, -0.2) is 47.0 Å². The van der Waals surface area contributed by atoms with Crippen LogP contribution in [0.3, 0.4) is 0 Å². The normalized spacial score (nSPS) is 31.9. The van der Waals surface area contributed by atoms with Gasteiger partial charge in [-0.2, -0.15) is 0 Å². The molecule has 3 aliphatic rings. The van der Waals surface area contributed by atoms with Crippen LogP contribution in [-0.2, 0) is 19.2 Å². The highest BCUT2D eigenvalue weighted by atomic mass is 16.2. The zero-order chi connectivity index (χ0) is 20.9. The summed E-state index contributed by atoms with van der Waals surface area (Å²) < 4.78 is 0. The summed E-state index contributed by atoms with van der Waals surface area (Å²) in [6.07, 6.45) is 4.79. The number of hydrogen-bond acceptors (Lipinski definition) is 4. The third-order valence-electron chi connectivity index (χ3n) is 7.90. The standard InChI is InChI=1S/C21H33N3O4/c1-12-20(2,3)21(12,4)19(28)24-11-5-6-15(24)18(27)23-14(16(25)17(22)26)10-9-13-7-8-13/h12-15H,5-11H2,1-4H3,(H2,22,26)(H,23,27). The van der Waals surface area contributed by atoms with Crippen molar-refractivity contribution in [2.45, 2.75) is 78.3 Å². The van der Waals surface area contributed by atoms with Gasteiger partial charge in [0.15, 0.2) is 0 Å². The van der Waals surface area contributed by atoms with Crippen LogP contribution in [0.5, 0.6) is 0 Å². The number of hydrogen-bond donors (Lipinski definition) is 2. The lowest BCUT2D eigenvalue weighted by Gasteiger charge is -2.29. The van der Waals surface area contributed by atoms with E-state index in [1.807, 2.05) is 6.92 Å². The number of nitrogens with zero attached hydrogens (tertiary/aromatic N) is 1. The van der Waals surface area contributed by atoms with Crippen molar-refractivity contribution in [3.63, 3.8) is 0 Å². The molecule has 0 aromatic rings. The first-order valence-electron chi connectivity index (χ1n) is 10.5. The number of nitrogens with two attached hydrogens (primary N) is 1. The van der Waals surface area contributed by atoms with E-state index in [9.17, 15) is 19.2 Å². The van der Waals surface area contributed by atoms with Gasteiger partial charge in [-0.25, -0.2) is 0 Å². The monoisotopic (exact) mass is 391 g/mol. The fraction of sp³-hybridized carbons (Fsp3) is 0.810. The summed E-state index contributed by atoms with van der Waals surface area (Å²) in [4.78, 5) is 51.4. The second-order valence-corrected chi connectivity index (χ2v) is 9.61. The molecular formula is C21H33N3O4. The number of amides is 3. The van der Waals surface area contributed by atoms with Gasteiger partial charge in [0, 0.05) is 6.54 Å². The maximum absolute atomic E-state index is 13.2. The van der Waals surface area contributed by atoms with Gasteiger partial charge in [-0.1, -0.05) is 33.6 Å². The molecule has 156 valence electrons. The van der Waals surface area contributed by atoms with Crippen LogP contribution in [0.15, 0.2) is 0 Å². The largest absolute Gasteiger partial charge is 0.363 e. The molecule has 7 nitrogen and oxygen atoms in total. The highest BCUT2D eigenvalue weighted by molar-refractivity contribution is 6.37. The van der Waals surface area contributed by atoms with E-state index in [4.69, 9.17) is 5.73 Å². The Balaban J connectivity index is 1.68. The van der Waals surface area contributed by atoms with Gasteiger partial charge in [0.1, 0.15) is 6.04 Å². The molecule has 0 spiro atoms. The van der Waals surface area contributed by atoms with Crippen molar-refractivity contribution in [3.05, 3.63) is 0 Å². The minimum absolute atomic E-state index is 0.0124. The molecule has 3 N–H and O–H groups in total. The number of carbonyl (C=O) groups excluding carboxylic acids is 4. The van der Waals surface area contributed by atoms with Gasteiger partial charge in [0.2, 0.25) is 17.6 Å². The van der Waals surface area contributed by atoms with Crippen molar-refractivity contribution in [3.8, 4) is 0 Å². The zero-order valence-corrected chi connectivity index (χ0v) is 17.4. The molecule has 3 amide bonds. The van der Waals surface area contributed by atoms with E-state index >= 15 is 0 Å². The number of primary amides is 1. The summed E-state index contributed by atoms with van der Waals surface area (Å²) in [5.41, 5.74) is 4.61. The first-order valence-corrected chi connectivity index (χ1v) is 10.5. The van der Waals surface area contributed by atoms with Crippen molar-refractivity contribution < 1.29 is 19.2 Å². The van der Waals surface area contributed by atoms with Gasteiger partial charge in [-0.05, 0) is 49.9 Å². The minimum Gasteiger partial charge on any atom is -0.363 e. The van der Waals surface area contributed by atoms with Crippen molar-refractivity contribution in [2.75, 3.05) is 6.54 Å². The molecule has 3 rings (SSSR count). The van der Waals surface area contributed by atoms with Crippen LogP contribution in [0.25, 0.3) is 0 Å². The SMILES string of the molecule is CC1C(C)(C)C1(C)C(=O)N1CCCC1C(=O)NC(CCC1CC1)C(=O)C(N)=O. The quantitative estimate of drug-likeness (QED) is 0.609. The molecule has 0 bridgehead atoms. The summed E-state index contributed by atoms with van der Waals surface area (Å²) in [5.74, 6) is -1.30. The Bertz CT molecular complexity index is 700. The van der Waals surface area contributed by atoms with Crippen molar-refractivity contribution >= 4 is 23.5 Å². The van der Waals surface area contributed by atoms with Gasteiger partial charge in [-0.15, -0.1) is 0 Å². The van der Waals surface area contributed by atoms with Gasteiger partial charge in [0.25, 0.3) is 5.91 Å². The topological polar surface area (TPSA) is 110 Å². The molecule has 0 aromatic carbocycles. The van der Waals surface area contributed by atoms with E-state index in [0.717, 1.165) is 25.7 Å². The van der Waals surface area contributed by atoms with Crippen LogP contribution >= 0.6 is 0 Å². The Morgan fingerprint density at radius 1 is 1.14 bits per heavy atom. The van der Waals surface area contributed by atoms with Crippen LogP contribution in [0, 0.1) is 22.7 Å². The molecule has 0 radical (unpaired) electrons. The van der Waals surface area contributed by atoms with E-state index < -0.39 is 29.2 Å². The smallest absolute Gasteiger partial charge is 0.287 e. The number of rotatable bonds is 8. The number of nitrogens with one attached hydrogen (secondary N) is 1. The Hall–Kier alpha value is -1.92. The molecule has 4 unspecified atom stereocenters. The summed E-state index contributed by atoms with van der Waals surface area (Å²) in [7, 11) is 0. The van der Waals surface area contributed by atoms with Crippen LogP contribution in [0.2, 0.25) is 0 Å². The minimum atomic E-state index is -1.03. The van der Waals surface area contributed by atoms with Crippen LogP contribution in [0.4, 0.5) is 0 Å². The van der Waals surface area contributed by atoms with Crippen molar-refractivity contribution in [1.82, 2.24) is 10.2 Å². The Labute approximate surface area is 166 Å². The van der Waals surface area contributed by atoms with Gasteiger partial charge in [0.05, 0.1) is 11.5 Å². The molecule has 0 aromatic heterocycles. The second kappa shape index (κ2) is 7.16.